The molecule has 0 bridgehead atoms. The van der Waals surface area contributed by atoms with Crippen LogP contribution in [0.4, 0.5) is 11.5 Å². The van der Waals surface area contributed by atoms with E-state index in [1.165, 1.54) is 11.3 Å². The lowest BCUT2D eigenvalue weighted by Gasteiger charge is -2.37. The lowest BCUT2D eigenvalue weighted by molar-refractivity contribution is 0.122. The Bertz CT molecular complexity index is 787. The first kappa shape index (κ1) is 22.6. The molecule has 30 heavy (non-hydrogen) atoms. The molecule has 0 amide bonds. The molecule has 7 nitrogen and oxygen atoms in total. The van der Waals surface area contributed by atoms with Gasteiger partial charge in [0.25, 0.3) is 0 Å². The molecule has 4 rings (SSSR count). The number of ether oxygens (including phenoxy) is 1. The van der Waals surface area contributed by atoms with Gasteiger partial charge < -0.3 is 24.8 Å². The summed E-state index contributed by atoms with van der Waals surface area (Å²) in [5.74, 6) is 2.01. The van der Waals surface area contributed by atoms with Gasteiger partial charge in [0, 0.05) is 64.7 Å². The van der Waals surface area contributed by atoms with E-state index in [2.05, 4.69) is 60.3 Å². The van der Waals surface area contributed by atoms with Crippen LogP contribution in [0.3, 0.4) is 0 Å². The number of hydrogen-bond acceptors (Lipinski definition) is 5. The molecular weight excluding hydrogens is 491 g/mol. The number of rotatable bonds is 4. The Morgan fingerprint density at radius 3 is 2.33 bits per heavy atom. The van der Waals surface area contributed by atoms with E-state index < -0.39 is 0 Å². The van der Waals surface area contributed by atoms with Crippen LogP contribution in [-0.2, 0) is 11.3 Å². The monoisotopic (exact) mass is 522 g/mol. The van der Waals surface area contributed by atoms with Crippen LogP contribution in [0.25, 0.3) is 0 Å². The minimum absolute atomic E-state index is 0. The van der Waals surface area contributed by atoms with Gasteiger partial charge >= 0.3 is 0 Å². The Balaban J connectivity index is 0.00000256. The zero-order valence-electron chi connectivity index (χ0n) is 17.5. The van der Waals surface area contributed by atoms with Crippen molar-refractivity contribution in [3.63, 3.8) is 0 Å². The van der Waals surface area contributed by atoms with E-state index in [9.17, 15) is 0 Å². The Labute approximate surface area is 196 Å². The van der Waals surface area contributed by atoms with Gasteiger partial charge in [-0.3, -0.25) is 4.99 Å². The highest BCUT2D eigenvalue weighted by Crippen LogP contribution is 2.17. The van der Waals surface area contributed by atoms with Crippen molar-refractivity contribution in [2.45, 2.75) is 6.54 Å². The fourth-order valence-corrected chi connectivity index (χ4v) is 3.85. The first-order valence-electron chi connectivity index (χ1n) is 10.4. The van der Waals surface area contributed by atoms with Crippen molar-refractivity contribution in [1.82, 2.24) is 15.2 Å². The second-order valence-electron chi connectivity index (χ2n) is 7.33. The van der Waals surface area contributed by atoms with E-state index in [1.54, 1.807) is 0 Å². The van der Waals surface area contributed by atoms with Gasteiger partial charge in [-0.2, -0.15) is 0 Å². The van der Waals surface area contributed by atoms with Crippen molar-refractivity contribution in [3.05, 3.63) is 54.2 Å². The number of hydrogen-bond donors (Lipinski definition) is 1. The molecule has 0 saturated carbocycles. The van der Waals surface area contributed by atoms with Crippen molar-refractivity contribution in [2.75, 3.05) is 69.3 Å². The Kier molecular flexibility index (Phi) is 8.56. The fraction of sp³-hybridized carbons (Fsp3) is 0.455. The summed E-state index contributed by atoms with van der Waals surface area (Å²) in [5.41, 5.74) is 2.53. The number of aromatic nitrogens is 1. The molecule has 3 heterocycles. The summed E-state index contributed by atoms with van der Waals surface area (Å²) in [7, 11) is 1.86. The average molecular weight is 522 g/mol. The van der Waals surface area contributed by atoms with Crippen LogP contribution in [-0.4, -0.2) is 75.4 Å². The summed E-state index contributed by atoms with van der Waals surface area (Å²) in [5, 5.41) is 3.52. The van der Waals surface area contributed by atoms with Gasteiger partial charge in [0.2, 0.25) is 0 Å². The number of halogens is 1. The quantitative estimate of drug-likeness (QED) is 0.379. The predicted molar refractivity (Wildman–Crippen MR) is 133 cm³/mol. The second-order valence-corrected chi connectivity index (χ2v) is 7.33. The zero-order valence-corrected chi connectivity index (χ0v) is 19.9. The van der Waals surface area contributed by atoms with Crippen LogP contribution in [0, 0.1) is 0 Å². The molecule has 2 saturated heterocycles. The summed E-state index contributed by atoms with van der Waals surface area (Å²) in [4.78, 5) is 16.0. The molecule has 8 heteroatoms. The fourth-order valence-electron chi connectivity index (χ4n) is 3.85. The van der Waals surface area contributed by atoms with E-state index in [1.807, 2.05) is 25.4 Å². The first-order valence-corrected chi connectivity index (χ1v) is 10.4. The zero-order chi connectivity index (χ0) is 19.9. The third-order valence-electron chi connectivity index (χ3n) is 5.53. The number of anilines is 2. The van der Waals surface area contributed by atoms with Gasteiger partial charge in [0.1, 0.15) is 5.82 Å². The summed E-state index contributed by atoms with van der Waals surface area (Å²) in [6, 6.07) is 14.9. The molecule has 0 radical (unpaired) electrons. The van der Waals surface area contributed by atoms with Crippen molar-refractivity contribution in [3.8, 4) is 0 Å². The first-order chi connectivity index (χ1) is 14.3. The largest absolute Gasteiger partial charge is 0.378 e. The van der Waals surface area contributed by atoms with Crippen molar-refractivity contribution in [1.29, 1.82) is 0 Å². The minimum atomic E-state index is 0. The highest BCUT2D eigenvalue weighted by atomic mass is 127. The smallest absolute Gasteiger partial charge is 0.194 e. The van der Waals surface area contributed by atoms with Crippen LogP contribution in [0.2, 0.25) is 0 Å². The Hall–Kier alpha value is -2.07. The molecule has 1 N–H and O–H groups in total. The van der Waals surface area contributed by atoms with Gasteiger partial charge in [-0.15, -0.1) is 24.0 Å². The number of guanidine groups is 1. The number of aliphatic imine (C=N–C) groups is 1. The normalized spacial score (nSPS) is 17.5. The minimum Gasteiger partial charge on any atom is -0.378 e. The van der Waals surface area contributed by atoms with E-state index in [0.717, 1.165) is 70.8 Å². The summed E-state index contributed by atoms with van der Waals surface area (Å²) < 4.78 is 5.44. The topological polar surface area (TPSA) is 56.2 Å². The van der Waals surface area contributed by atoms with Crippen LogP contribution in [0.5, 0.6) is 0 Å². The van der Waals surface area contributed by atoms with Gasteiger partial charge in [-0.25, -0.2) is 4.98 Å². The van der Waals surface area contributed by atoms with Crippen molar-refractivity contribution < 1.29 is 4.74 Å². The molecule has 1 aromatic carbocycles. The van der Waals surface area contributed by atoms with E-state index in [4.69, 9.17) is 4.74 Å². The molecule has 1 aromatic heterocycles. The van der Waals surface area contributed by atoms with Crippen LogP contribution >= 0.6 is 24.0 Å². The summed E-state index contributed by atoms with van der Waals surface area (Å²) in [6.45, 7) is 8.11. The standard InChI is InChI=1S/C22H30N6O.HI/c1-23-22(28-12-10-27(11-13-28)21-4-2-3-9-24-21)25-18-19-5-7-20(8-6-19)26-14-16-29-17-15-26;/h2-9H,10-18H2,1H3,(H,23,25);1H. The van der Waals surface area contributed by atoms with E-state index >= 15 is 0 Å². The molecule has 0 spiro atoms. The molecule has 0 atom stereocenters. The van der Waals surface area contributed by atoms with Crippen molar-refractivity contribution >= 4 is 41.4 Å². The lowest BCUT2D eigenvalue weighted by atomic mass is 10.2. The molecule has 2 aromatic rings. The van der Waals surface area contributed by atoms with Gasteiger partial charge in [0.15, 0.2) is 5.96 Å². The van der Waals surface area contributed by atoms with Crippen LogP contribution in [0.15, 0.2) is 53.7 Å². The number of nitrogens with one attached hydrogen (secondary N) is 1. The van der Waals surface area contributed by atoms with Gasteiger partial charge in [-0.05, 0) is 29.8 Å². The number of morpholine rings is 1. The molecule has 2 fully saturated rings. The molecule has 0 unspecified atom stereocenters. The third kappa shape index (κ3) is 5.75. The lowest BCUT2D eigenvalue weighted by Crippen LogP contribution is -2.52. The summed E-state index contributed by atoms with van der Waals surface area (Å²) in [6.07, 6.45) is 1.85. The second kappa shape index (κ2) is 11.4. The maximum Gasteiger partial charge on any atom is 0.194 e. The number of nitrogens with zero attached hydrogens (tertiary/aromatic N) is 5. The molecule has 0 aliphatic carbocycles. The van der Waals surface area contributed by atoms with Gasteiger partial charge in [-0.1, -0.05) is 18.2 Å². The predicted octanol–water partition coefficient (Wildman–Crippen LogP) is 2.43. The van der Waals surface area contributed by atoms with Crippen LogP contribution in [0.1, 0.15) is 5.56 Å². The molecule has 2 aliphatic rings. The maximum absolute atomic E-state index is 5.44. The SMILES string of the molecule is CN=C(NCc1ccc(N2CCOCC2)cc1)N1CCN(c2ccccn2)CC1.I. The third-order valence-corrected chi connectivity index (χ3v) is 5.53. The number of piperazine rings is 1. The van der Waals surface area contributed by atoms with Crippen LogP contribution < -0.4 is 15.1 Å². The number of benzene rings is 1. The molecular formula is C22H31IN6O. The van der Waals surface area contributed by atoms with Crippen molar-refractivity contribution in [2.24, 2.45) is 4.99 Å². The van der Waals surface area contributed by atoms with Gasteiger partial charge in [0.05, 0.1) is 13.2 Å². The molecule has 2 aliphatic heterocycles. The number of pyridine rings is 1. The maximum atomic E-state index is 5.44. The molecule has 162 valence electrons. The van der Waals surface area contributed by atoms with E-state index in [-0.39, 0.29) is 24.0 Å². The highest BCUT2D eigenvalue weighted by molar-refractivity contribution is 14.0. The Morgan fingerprint density at radius 2 is 1.70 bits per heavy atom. The average Bonchev–Trinajstić information content (AvgIpc) is 2.81. The van der Waals surface area contributed by atoms with E-state index in [0.29, 0.717) is 0 Å². The summed E-state index contributed by atoms with van der Waals surface area (Å²) >= 11 is 0. The highest BCUT2D eigenvalue weighted by Gasteiger charge is 2.20. The Morgan fingerprint density at radius 1 is 0.967 bits per heavy atom.